The van der Waals surface area contributed by atoms with E-state index >= 15 is 0 Å². The molecule has 0 fully saturated rings. The fourth-order valence-electron chi connectivity index (χ4n) is 1.57. The monoisotopic (exact) mass is 261 g/mol. The highest BCUT2D eigenvalue weighted by molar-refractivity contribution is 5.95. The van der Waals surface area contributed by atoms with Gasteiger partial charge in [-0.2, -0.15) is 0 Å². The van der Waals surface area contributed by atoms with E-state index in [2.05, 4.69) is 11.2 Å². The number of carbonyl (C=O) groups is 1. The summed E-state index contributed by atoms with van der Waals surface area (Å²) in [6.45, 7) is 1.82. The first-order valence-electron chi connectivity index (χ1n) is 5.76. The van der Waals surface area contributed by atoms with E-state index < -0.39 is 16.9 Å². The van der Waals surface area contributed by atoms with Gasteiger partial charge in [-0.3, -0.25) is 14.9 Å². The lowest BCUT2D eigenvalue weighted by Gasteiger charge is -2.10. The zero-order valence-corrected chi connectivity index (χ0v) is 10.6. The number of nitro benzene ring substituents is 1. The van der Waals surface area contributed by atoms with Crippen molar-refractivity contribution in [2.45, 2.75) is 25.8 Å². The summed E-state index contributed by atoms with van der Waals surface area (Å²) < 4.78 is 0. The van der Waals surface area contributed by atoms with Crippen molar-refractivity contribution in [2.75, 3.05) is 5.32 Å². The van der Waals surface area contributed by atoms with Crippen LogP contribution >= 0.6 is 0 Å². The lowest BCUT2D eigenvalue weighted by atomic mass is 10.1. The first-order valence-corrected chi connectivity index (χ1v) is 5.76. The molecule has 0 aliphatic rings. The maximum absolute atomic E-state index is 11.6. The molecule has 3 N–H and O–H groups in total. The number of amides is 1. The minimum Gasteiger partial charge on any atom is -0.324 e. The van der Waals surface area contributed by atoms with Crippen molar-refractivity contribution in [1.82, 2.24) is 0 Å². The number of benzene rings is 1. The third-order valence-corrected chi connectivity index (χ3v) is 2.60. The van der Waals surface area contributed by atoms with Crippen molar-refractivity contribution >= 4 is 17.3 Å². The predicted octanol–water partition coefficient (Wildman–Crippen LogP) is 1.45. The molecule has 0 aliphatic heterocycles. The summed E-state index contributed by atoms with van der Waals surface area (Å²) in [5.41, 5.74) is 6.46. The Morgan fingerprint density at radius 3 is 2.84 bits per heavy atom. The molecule has 0 bridgehead atoms. The van der Waals surface area contributed by atoms with Gasteiger partial charge in [-0.1, -0.05) is 13.0 Å². The maximum atomic E-state index is 11.6. The fraction of sp³-hybridized carbons (Fsp3) is 0.308. The standard InChI is InChI=1S/C13H15N3O3/c1-3-5-11(14)13(17)15-10-7-6-9(4-2)12(8-10)16(18)19/h1,6-8,11H,4-5,14H2,2H3,(H,15,17). The summed E-state index contributed by atoms with van der Waals surface area (Å²) >= 11 is 0. The quantitative estimate of drug-likeness (QED) is 0.476. The average molecular weight is 261 g/mol. The van der Waals surface area contributed by atoms with E-state index in [-0.39, 0.29) is 12.1 Å². The maximum Gasteiger partial charge on any atom is 0.274 e. The highest BCUT2D eigenvalue weighted by Crippen LogP contribution is 2.23. The number of nitro groups is 1. The van der Waals surface area contributed by atoms with E-state index in [1.54, 1.807) is 12.1 Å². The van der Waals surface area contributed by atoms with Gasteiger partial charge in [0.2, 0.25) is 5.91 Å². The van der Waals surface area contributed by atoms with Crippen LogP contribution in [0.3, 0.4) is 0 Å². The fourth-order valence-corrected chi connectivity index (χ4v) is 1.57. The van der Waals surface area contributed by atoms with Gasteiger partial charge in [0.15, 0.2) is 0 Å². The van der Waals surface area contributed by atoms with Crippen LogP contribution in [0.4, 0.5) is 11.4 Å². The highest BCUT2D eigenvalue weighted by Gasteiger charge is 2.16. The molecule has 0 spiro atoms. The molecule has 0 saturated carbocycles. The second-order valence-electron chi connectivity index (χ2n) is 3.96. The molecule has 1 aromatic carbocycles. The minimum absolute atomic E-state index is 0.0224. The van der Waals surface area contributed by atoms with E-state index in [1.165, 1.54) is 6.07 Å². The van der Waals surface area contributed by atoms with Gasteiger partial charge in [0.1, 0.15) is 0 Å². The summed E-state index contributed by atoms with van der Waals surface area (Å²) in [7, 11) is 0. The van der Waals surface area contributed by atoms with Crippen LogP contribution < -0.4 is 11.1 Å². The molecular formula is C13H15N3O3. The molecular weight excluding hydrogens is 246 g/mol. The van der Waals surface area contributed by atoms with Gasteiger partial charge >= 0.3 is 0 Å². The summed E-state index contributed by atoms with van der Waals surface area (Å²) in [6.07, 6.45) is 5.72. The van der Waals surface area contributed by atoms with Crippen LogP contribution in [0.25, 0.3) is 0 Å². The molecule has 1 unspecified atom stereocenters. The van der Waals surface area contributed by atoms with Crippen molar-refractivity contribution in [3.05, 3.63) is 33.9 Å². The number of nitrogens with two attached hydrogens (primary N) is 1. The summed E-state index contributed by atoms with van der Waals surface area (Å²) in [5, 5.41) is 13.4. The largest absolute Gasteiger partial charge is 0.324 e. The Morgan fingerprint density at radius 1 is 1.63 bits per heavy atom. The first-order chi connectivity index (χ1) is 8.99. The molecule has 100 valence electrons. The summed E-state index contributed by atoms with van der Waals surface area (Å²) in [4.78, 5) is 22.1. The van der Waals surface area contributed by atoms with Crippen molar-refractivity contribution in [3.63, 3.8) is 0 Å². The molecule has 0 aromatic heterocycles. The molecule has 1 rings (SSSR count). The Hall–Kier alpha value is -2.39. The number of carbonyl (C=O) groups excluding carboxylic acids is 1. The van der Waals surface area contributed by atoms with Crippen LogP contribution in [0, 0.1) is 22.5 Å². The summed E-state index contributed by atoms with van der Waals surface area (Å²) in [5.74, 6) is 1.83. The van der Waals surface area contributed by atoms with Gasteiger partial charge in [0.05, 0.1) is 11.0 Å². The zero-order valence-electron chi connectivity index (χ0n) is 10.6. The van der Waals surface area contributed by atoms with Gasteiger partial charge in [0, 0.05) is 23.7 Å². The number of nitrogens with zero attached hydrogens (tertiary/aromatic N) is 1. The van der Waals surface area contributed by atoms with E-state index in [1.807, 2.05) is 6.92 Å². The third kappa shape index (κ3) is 3.79. The Kier molecular flexibility index (Phi) is 5.03. The van der Waals surface area contributed by atoms with Gasteiger partial charge in [0.25, 0.3) is 5.69 Å². The molecule has 0 aliphatic carbocycles. The van der Waals surface area contributed by atoms with Crippen molar-refractivity contribution in [3.8, 4) is 12.3 Å². The SMILES string of the molecule is C#CCC(N)C(=O)Nc1ccc(CC)c([N+](=O)[O-])c1. The zero-order chi connectivity index (χ0) is 14.4. The van der Waals surface area contributed by atoms with Gasteiger partial charge in [-0.25, -0.2) is 0 Å². The van der Waals surface area contributed by atoms with Gasteiger partial charge in [-0.05, 0) is 12.5 Å². The van der Waals surface area contributed by atoms with E-state index in [9.17, 15) is 14.9 Å². The normalized spacial score (nSPS) is 11.4. The molecule has 6 nitrogen and oxygen atoms in total. The Morgan fingerprint density at radius 2 is 2.32 bits per heavy atom. The molecule has 0 radical (unpaired) electrons. The molecule has 19 heavy (non-hydrogen) atoms. The molecule has 1 amide bonds. The third-order valence-electron chi connectivity index (χ3n) is 2.60. The van der Waals surface area contributed by atoms with Crippen molar-refractivity contribution in [1.29, 1.82) is 0 Å². The molecule has 0 heterocycles. The Bertz CT molecular complexity index is 534. The molecule has 0 saturated heterocycles. The van der Waals surface area contributed by atoms with Gasteiger partial charge in [-0.15, -0.1) is 12.3 Å². The minimum atomic E-state index is -0.824. The lowest BCUT2D eigenvalue weighted by Crippen LogP contribution is -2.35. The van der Waals surface area contributed by atoms with Gasteiger partial charge < -0.3 is 11.1 Å². The van der Waals surface area contributed by atoms with Crippen molar-refractivity contribution in [2.24, 2.45) is 5.73 Å². The number of nitrogens with one attached hydrogen (secondary N) is 1. The number of terminal acetylenes is 1. The molecule has 1 aromatic rings. The molecule has 6 heteroatoms. The van der Waals surface area contributed by atoms with Crippen LogP contribution in [0.2, 0.25) is 0 Å². The smallest absolute Gasteiger partial charge is 0.274 e. The number of aryl methyl sites for hydroxylation is 1. The second-order valence-corrected chi connectivity index (χ2v) is 3.96. The highest BCUT2D eigenvalue weighted by atomic mass is 16.6. The lowest BCUT2D eigenvalue weighted by molar-refractivity contribution is -0.385. The number of anilines is 1. The number of rotatable bonds is 5. The average Bonchev–Trinajstić information content (AvgIpc) is 2.38. The topological polar surface area (TPSA) is 98.3 Å². The van der Waals surface area contributed by atoms with E-state index in [4.69, 9.17) is 12.2 Å². The summed E-state index contributed by atoms with van der Waals surface area (Å²) in [6, 6.07) is 3.71. The molecule has 1 atom stereocenters. The van der Waals surface area contributed by atoms with Crippen LogP contribution in [-0.4, -0.2) is 16.9 Å². The predicted molar refractivity (Wildman–Crippen MR) is 72.5 cm³/mol. The van der Waals surface area contributed by atoms with Crippen LogP contribution in [0.15, 0.2) is 18.2 Å². The van der Waals surface area contributed by atoms with Crippen molar-refractivity contribution < 1.29 is 9.72 Å². The number of hydrogen-bond acceptors (Lipinski definition) is 4. The Labute approximate surface area is 111 Å². The first kappa shape index (κ1) is 14.7. The van der Waals surface area contributed by atoms with E-state index in [0.29, 0.717) is 17.7 Å². The Balaban J connectivity index is 2.92. The second kappa shape index (κ2) is 6.52. The number of hydrogen-bond donors (Lipinski definition) is 2. The van der Waals surface area contributed by atoms with Crippen LogP contribution in [0.5, 0.6) is 0 Å². The van der Waals surface area contributed by atoms with Crippen LogP contribution in [0.1, 0.15) is 18.9 Å². The van der Waals surface area contributed by atoms with Crippen LogP contribution in [-0.2, 0) is 11.2 Å². The van der Waals surface area contributed by atoms with E-state index in [0.717, 1.165) is 0 Å².